The summed E-state index contributed by atoms with van der Waals surface area (Å²) in [6.45, 7) is 7.82. The SMILES string of the molecule is CCOCC1CCCN1CCc1cc2c(C)cccc2c(=O)[nH]1.Cl. The number of nitrogens with one attached hydrogen (secondary N) is 1. The summed E-state index contributed by atoms with van der Waals surface area (Å²) in [4.78, 5) is 17.8. The maximum Gasteiger partial charge on any atom is 0.256 e. The zero-order valence-corrected chi connectivity index (χ0v) is 15.3. The molecule has 1 saturated heterocycles. The molecule has 3 rings (SSSR count). The Hall–Kier alpha value is -1.36. The van der Waals surface area contributed by atoms with Gasteiger partial charge in [0.05, 0.1) is 6.61 Å². The number of halogens is 1. The monoisotopic (exact) mass is 350 g/mol. The number of ether oxygens (including phenoxy) is 1. The Morgan fingerprint density at radius 3 is 2.96 bits per heavy atom. The number of likely N-dealkylation sites (tertiary alicyclic amines) is 1. The van der Waals surface area contributed by atoms with Crippen molar-refractivity contribution in [1.29, 1.82) is 0 Å². The summed E-state index contributed by atoms with van der Waals surface area (Å²) < 4.78 is 5.59. The fraction of sp³-hybridized carbons (Fsp3) is 0.526. The molecule has 132 valence electrons. The number of H-pyrrole nitrogens is 1. The summed E-state index contributed by atoms with van der Waals surface area (Å²) in [5, 5.41) is 1.85. The zero-order chi connectivity index (χ0) is 16.2. The van der Waals surface area contributed by atoms with Gasteiger partial charge in [-0.15, -0.1) is 12.4 Å². The van der Waals surface area contributed by atoms with Gasteiger partial charge in [0.25, 0.3) is 5.56 Å². The van der Waals surface area contributed by atoms with Gasteiger partial charge in [-0.3, -0.25) is 9.69 Å². The summed E-state index contributed by atoms with van der Waals surface area (Å²) in [5.74, 6) is 0. The Kier molecular flexibility index (Phi) is 6.84. The molecular formula is C19H27ClN2O2. The Morgan fingerprint density at radius 1 is 1.33 bits per heavy atom. The van der Waals surface area contributed by atoms with Gasteiger partial charge in [0.1, 0.15) is 0 Å². The second-order valence-corrected chi connectivity index (χ2v) is 6.40. The number of benzene rings is 1. The number of pyridine rings is 1. The number of aryl methyl sites for hydroxylation is 1. The van der Waals surface area contributed by atoms with Crippen molar-refractivity contribution in [1.82, 2.24) is 9.88 Å². The molecule has 1 aromatic heterocycles. The summed E-state index contributed by atoms with van der Waals surface area (Å²) in [6.07, 6.45) is 3.33. The third-order valence-electron chi connectivity index (χ3n) is 4.84. The number of hydrogen-bond acceptors (Lipinski definition) is 3. The molecule has 1 aromatic carbocycles. The van der Waals surface area contributed by atoms with E-state index in [4.69, 9.17) is 4.74 Å². The summed E-state index contributed by atoms with van der Waals surface area (Å²) in [7, 11) is 0. The van der Waals surface area contributed by atoms with Crippen LogP contribution in [0.3, 0.4) is 0 Å². The van der Waals surface area contributed by atoms with E-state index in [0.717, 1.165) is 54.8 Å². The molecule has 0 amide bonds. The molecule has 0 radical (unpaired) electrons. The molecule has 0 aliphatic carbocycles. The van der Waals surface area contributed by atoms with E-state index >= 15 is 0 Å². The molecule has 1 aliphatic heterocycles. The smallest absolute Gasteiger partial charge is 0.256 e. The molecule has 1 fully saturated rings. The van der Waals surface area contributed by atoms with Crippen LogP contribution in [-0.4, -0.2) is 42.2 Å². The van der Waals surface area contributed by atoms with Crippen LogP contribution in [0.5, 0.6) is 0 Å². The number of hydrogen-bond donors (Lipinski definition) is 1. The lowest BCUT2D eigenvalue weighted by atomic mass is 10.1. The van der Waals surface area contributed by atoms with Gasteiger partial charge in [-0.05, 0) is 56.3 Å². The summed E-state index contributed by atoms with van der Waals surface area (Å²) in [6, 6.07) is 8.56. The van der Waals surface area contributed by atoms with Crippen molar-refractivity contribution in [3.8, 4) is 0 Å². The van der Waals surface area contributed by atoms with Crippen LogP contribution in [0.4, 0.5) is 0 Å². The molecular weight excluding hydrogens is 324 g/mol. The van der Waals surface area contributed by atoms with Gasteiger partial charge in [-0.1, -0.05) is 12.1 Å². The van der Waals surface area contributed by atoms with Crippen molar-refractivity contribution < 1.29 is 4.74 Å². The Balaban J connectivity index is 0.00000208. The number of rotatable bonds is 6. The van der Waals surface area contributed by atoms with Gasteiger partial charge in [-0.2, -0.15) is 0 Å². The molecule has 2 aromatic rings. The highest BCUT2D eigenvalue weighted by atomic mass is 35.5. The molecule has 0 bridgehead atoms. The normalized spacial score (nSPS) is 18.0. The highest BCUT2D eigenvalue weighted by Crippen LogP contribution is 2.19. The standard InChI is InChI=1S/C19H26N2O2.ClH/c1-3-23-13-16-7-5-10-21(16)11-9-15-12-18-14(2)6-4-8-17(18)19(22)20-15;/h4,6,8,12,16H,3,5,7,9-11,13H2,1-2H3,(H,20,22);1H. The fourth-order valence-electron chi connectivity index (χ4n) is 3.52. The summed E-state index contributed by atoms with van der Waals surface area (Å²) >= 11 is 0. The highest BCUT2D eigenvalue weighted by molar-refractivity contribution is 5.85. The molecule has 0 saturated carbocycles. The van der Waals surface area contributed by atoms with E-state index in [2.05, 4.69) is 28.9 Å². The van der Waals surface area contributed by atoms with E-state index in [1.165, 1.54) is 12.8 Å². The second-order valence-electron chi connectivity index (χ2n) is 6.40. The maximum atomic E-state index is 12.3. The lowest BCUT2D eigenvalue weighted by Crippen LogP contribution is -2.35. The quantitative estimate of drug-likeness (QED) is 0.869. The first-order valence-corrected chi connectivity index (χ1v) is 8.62. The lowest BCUT2D eigenvalue weighted by Gasteiger charge is -2.24. The van der Waals surface area contributed by atoms with Crippen molar-refractivity contribution in [2.75, 3.05) is 26.3 Å². The van der Waals surface area contributed by atoms with Gasteiger partial charge in [0.2, 0.25) is 0 Å². The van der Waals surface area contributed by atoms with E-state index in [0.29, 0.717) is 6.04 Å². The Labute approximate surface area is 149 Å². The topological polar surface area (TPSA) is 45.3 Å². The number of fused-ring (bicyclic) bond motifs is 1. The van der Waals surface area contributed by atoms with Crippen molar-refractivity contribution in [2.24, 2.45) is 0 Å². The third-order valence-corrected chi connectivity index (χ3v) is 4.84. The van der Waals surface area contributed by atoms with Gasteiger partial charge < -0.3 is 9.72 Å². The molecule has 1 N–H and O–H groups in total. The summed E-state index contributed by atoms with van der Waals surface area (Å²) in [5.41, 5.74) is 2.21. The number of aromatic nitrogens is 1. The van der Waals surface area contributed by atoms with E-state index in [1.807, 2.05) is 19.1 Å². The maximum absolute atomic E-state index is 12.3. The van der Waals surface area contributed by atoms with Crippen LogP contribution < -0.4 is 5.56 Å². The zero-order valence-electron chi connectivity index (χ0n) is 14.5. The van der Waals surface area contributed by atoms with Gasteiger partial charge >= 0.3 is 0 Å². The van der Waals surface area contributed by atoms with Crippen LogP contribution in [0.15, 0.2) is 29.1 Å². The van der Waals surface area contributed by atoms with Crippen LogP contribution in [0, 0.1) is 6.92 Å². The number of aromatic amines is 1. The molecule has 1 atom stereocenters. The minimum Gasteiger partial charge on any atom is -0.380 e. The van der Waals surface area contributed by atoms with Crippen LogP contribution in [0.25, 0.3) is 10.8 Å². The third kappa shape index (κ3) is 4.18. The van der Waals surface area contributed by atoms with Crippen LogP contribution >= 0.6 is 12.4 Å². The van der Waals surface area contributed by atoms with Crippen molar-refractivity contribution in [3.05, 3.63) is 45.9 Å². The molecule has 4 nitrogen and oxygen atoms in total. The predicted molar refractivity (Wildman–Crippen MR) is 101 cm³/mol. The predicted octanol–water partition coefficient (Wildman–Crippen LogP) is 3.30. The van der Waals surface area contributed by atoms with E-state index < -0.39 is 0 Å². The molecule has 1 aliphatic rings. The number of nitrogens with zero attached hydrogens (tertiary/aromatic N) is 1. The second kappa shape index (κ2) is 8.65. The Morgan fingerprint density at radius 2 is 2.17 bits per heavy atom. The van der Waals surface area contributed by atoms with Crippen LogP contribution in [0.1, 0.15) is 31.0 Å². The first-order valence-electron chi connectivity index (χ1n) is 8.62. The minimum absolute atomic E-state index is 0. The largest absolute Gasteiger partial charge is 0.380 e. The Bertz CT molecular complexity index is 729. The van der Waals surface area contributed by atoms with Crippen molar-refractivity contribution >= 4 is 23.2 Å². The first kappa shape index (κ1) is 19.0. The molecule has 5 heteroatoms. The van der Waals surface area contributed by atoms with E-state index in [1.54, 1.807) is 0 Å². The molecule has 1 unspecified atom stereocenters. The molecule has 24 heavy (non-hydrogen) atoms. The van der Waals surface area contributed by atoms with Gasteiger partial charge in [0, 0.05) is 36.7 Å². The van der Waals surface area contributed by atoms with Crippen molar-refractivity contribution in [2.45, 2.75) is 39.2 Å². The highest BCUT2D eigenvalue weighted by Gasteiger charge is 2.24. The average molecular weight is 351 g/mol. The first-order chi connectivity index (χ1) is 11.2. The molecule has 2 heterocycles. The van der Waals surface area contributed by atoms with Gasteiger partial charge in [0.15, 0.2) is 0 Å². The van der Waals surface area contributed by atoms with E-state index in [-0.39, 0.29) is 18.0 Å². The lowest BCUT2D eigenvalue weighted by molar-refractivity contribution is 0.0856. The average Bonchev–Trinajstić information content (AvgIpc) is 2.99. The van der Waals surface area contributed by atoms with Crippen LogP contribution in [0.2, 0.25) is 0 Å². The van der Waals surface area contributed by atoms with E-state index in [9.17, 15) is 4.79 Å². The van der Waals surface area contributed by atoms with Crippen LogP contribution in [-0.2, 0) is 11.2 Å². The fourth-order valence-corrected chi connectivity index (χ4v) is 3.52. The van der Waals surface area contributed by atoms with Gasteiger partial charge in [-0.25, -0.2) is 0 Å². The minimum atomic E-state index is 0. The van der Waals surface area contributed by atoms with Crippen molar-refractivity contribution in [3.63, 3.8) is 0 Å². The molecule has 0 spiro atoms.